The maximum Gasteiger partial charge on any atom is 0.230 e. The van der Waals surface area contributed by atoms with Crippen molar-refractivity contribution in [3.05, 3.63) is 54.1 Å². The molecule has 0 radical (unpaired) electrons. The SMILES string of the molecule is COc1ccc(NC(=O)C2CC2C(=O)N2CCc3ccccc32)cc1. The number of carbonyl (C=O) groups excluding carboxylic acids is 2. The largest absolute Gasteiger partial charge is 0.497 e. The van der Waals surface area contributed by atoms with Gasteiger partial charge in [0.1, 0.15) is 5.75 Å². The molecule has 128 valence electrons. The summed E-state index contributed by atoms with van der Waals surface area (Å²) >= 11 is 0. The third-order valence-corrected chi connectivity index (χ3v) is 4.96. The molecule has 2 aromatic carbocycles. The van der Waals surface area contributed by atoms with Crippen molar-refractivity contribution in [2.24, 2.45) is 11.8 Å². The van der Waals surface area contributed by atoms with Gasteiger partial charge in [0.25, 0.3) is 0 Å². The van der Waals surface area contributed by atoms with Crippen molar-refractivity contribution >= 4 is 23.2 Å². The zero-order chi connectivity index (χ0) is 17.4. The molecule has 1 saturated carbocycles. The number of para-hydroxylation sites is 1. The Hall–Kier alpha value is -2.82. The van der Waals surface area contributed by atoms with Gasteiger partial charge in [0.15, 0.2) is 0 Å². The Bertz CT molecular complexity index is 816. The van der Waals surface area contributed by atoms with Crippen molar-refractivity contribution < 1.29 is 14.3 Å². The molecule has 0 saturated heterocycles. The van der Waals surface area contributed by atoms with Gasteiger partial charge in [-0.2, -0.15) is 0 Å². The molecule has 1 aliphatic heterocycles. The average Bonchev–Trinajstić information content (AvgIpc) is 3.34. The fraction of sp³-hybridized carbons (Fsp3) is 0.300. The molecule has 2 unspecified atom stereocenters. The van der Waals surface area contributed by atoms with E-state index in [9.17, 15) is 9.59 Å². The van der Waals surface area contributed by atoms with Crippen LogP contribution in [0.1, 0.15) is 12.0 Å². The fourth-order valence-corrected chi connectivity index (χ4v) is 3.43. The van der Waals surface area contributed by atoms with Gasteiger partial charge < -0.3 is 15.0 Å². The van der Waals surface area contributed by atoms with Crippen LogP contribution >= 0.6 is 0 Å². The Morgan fingerprint density at radius 3 is 2.60 bits per heavy atom. The number of methoxy groups -OCH3 is 1. The summed E-state index contributed by atoms with van der Waals surface area (Å²) in [6.07, 6.45) is 1.51. The van der Waals surface area contributed by atoms with E-state index in [2.05, 4.69) is 11.4 Å². The molecule has 4 rings (SSSR count). The monoisotopic (exact) mass is 336 g/mol. The highest BCUT2D eigenvalue weighted by molar-refractivity contribution is 6.05. The average molecular weight is 336 g/mol. The number of carbonyl (C=O) groups is 2. The van der Waals surface area contributed by atoms with E-state index in [1.807, 2.05) is 23.1 Å². The van der Waals surface area contributed by atoms with E-state index in [0.717, 1.165) is 23.5 Å². The van der Waals surface area contributed by atoms with Gasteiger partial charge in [0, 0.05) is 17.9 Å². The summed E-state index contributed by atoms with van der Waals surface area (Å²) in [4.78, 5) is 27.0. The van der Waals surface area contributed by atoms with E-state index in [1.54, 1.807) is 31.4 Å². The number of nitrogens with one attached hydrogen (secondary N) is 1. The van der Waals surface area contributed by atoms with Crippen LogP contribution in [0.15, 0.2) is 48.5 Å². The Labute approximate surface area is 146 Å². The third-order valence-electron chi connectivity index (χ3n) is 4.96. The first-order valence-corrected chi connectivity index (χ1v) is 8.51. The number of amides is 2. The molecular formula is C20H20N2O3. The molecular weight excluding hydrogens is 316 g/mol. The fourth-order valence-electron chi connectivity index (χ4n) is 3.43. The molecule has 0 bridgehead atoms. The van der Waals surface area contributed by atoms with Crippen LogP contribution in [0.4, 0.5) is 11.4 Å². The lowest BCUT2D eigenvalue weighted by Crippen LogP contribution is -2.31. The summed E-state index contributed by atoms with van der Waals surface area (Å²) < 4.78 is 5.11. The number of hydrogen-bond acceptors (Lipinski definition) is 3. The van der Waals surface area contributed by atoms with E-state index < -0.39 is 0 Å². The lowest BCUT2D eigenvalue weighted by molar-refractivity contribution is -0.123. The topological polar surface area (TPSA) is 58.6 Å². The second-order valence-corrected chi connectivity index (χ2v) is 6.54. The van der Waals surface area contributed by atoms with Crippen molar-refractivity contribution in [1.82, 2.24) is 0 Å². The van der Waals surface area contributed by atoms with Gasteiger partial charge in [-0.15, -0.1) is 0 Å². The molecule has 2 atom stereocenters. The molecule has 2 aliphatic rings. The highest BCUT2D eigenvalue weighted by Gasteiger charge is 2.50. The van der Waals surface area contributed by atoms with Crippen LogP contribution in [0.3, 0.4) is 0 Å². The molecule has 5 heteroatoms. The van der Waals surface area contributed by atoms with Gasteiger partial charge in [-0.05, 0) is 48.7 Å². The van der Waals surface area contributed by atoms with E-state index in [4.69, 9.17) is 4.74 Å². The summed E-state index contributed by atoms with van der Waals surface area (Å²) in [5.74, 6) is 0.285. The summed E-state index contributed by atoms with van der Waals surface area (Å²) in [5, 5.41) is 2.88. The van der Waals surface area contributed by atoms with Crippen molar-refractivity contribution in [3.63, 3.8) is 0 Å². The molecule has 0 aromatic heterocycles. The standard InChI is InChI=1S/C20H20N2O3/c1-25-15-8-6-14(7-9-15)21-19(23)16-12-17(16)20(24)22-11-10-13-4-2-3-5-18(13)22/h2-9,16-17H,10-12H2,1H3,(H,21,23). The van der Waals surface area contributed by atoms with Crippen molar-refractivity contribution in [1.29, 1.82) is 0 Å². The third kappa shape index (κ3) is 2.97. The zero-order valence-corrected chi connectivity index (χ0v) is 14.1. The molecule has 2 aromatic rings. The van der Waals surface area contributed by atoms with E-state index >= 15 is 0 Å². The number of benzene rings is 2. The number of fused-ring (bicyclic) bond motifs is 1. The first-order valence-electron chi connectivity index (χ1n) is 8.51. The van der Waals surface area contributed by atoms with Gasteiger partial charge in [0.2, 0.25) is 11.8 Å². The maximum atomic E-state index is 12.8. The molecule has 1 N–H and O–H groups in total. The minimum absolute atomic E-state index is 0.0693. The first-order chi connectivity index (χ1) is 12.2. The Morgan fingerprint density at radius 2 is 1.84 bits per heavy atom. The van der Waals surface area contributed by atoms with Crippen LogP contribution in [0.25, 0.3) is 0 Å². The van der Waals surface area contributed by atoms with Gasteiger partial charge in [-0.1, -0.05) is 18.2 Å². The number of anilines is 2. The minimum Gasteiger partial charge on any atom is -0.497 e. The minimum atomic E-state index is -0.234. The molecule has 1 heterocycles. The molecule has 0 spiro atoms. The Kier molecular flexibility index (Phi) is 3.92. The lowest BCUT2D eigenvalue weighted by Gasteiger charge is -2.17. The number of rotatable bonds is 4. The maximum absolute atomic E-state index is 12.8. The van der Waals surface area contributed by atoms with Crippen LogP contribution in [-0.2, 0) is 16.0 Å². The van der Waals surface area contributed by atoms with Crippen LogP contribution in [-0.4, -0.2) is 25.5 Å². The van der Waals surface area contributed by atoms with Crippen LogP contribution in [0, 0.1) is 11.8 Å². The molecule has 5 nitrogen and oxygen atoms in total. The Morgan fingerprint density at radius 1 is 1.08 bits per heavy atom. The summed E-state index contributed by atoms with van der Waals surface area (Å²) in [6.45, 7) is 0.710. The first kappa shape index (κ1) is 15.7. The van der Waals surface area contributed by atoms with Crippen molar-refractivity contribution in [3.8, 4) is 5.75 Å². The van der Waals surface area contributed by atoms with Gasteiger partial charge >= 0.3 is 0 Å². The lowest BCUT2D eigenvalue weighted by atomic mass is 10.2. The van der Waals surface area contributed by atoms with Gasteiger partial charge in [0.05, 0.1) is 18.9 Å². The zero-order valence-electron chi connectivity index (χ0n) is 14.1. The molecule has 2 amide bonds. The smallest absolute Gasteiger partial charge is 0.230 e. The summed E-state index contributed by atoms with van der Waals surface area (Å²) in [5.41, 5.74) is 2.92. The highest BCUT2D eigenvalue weighted by Crippen LogP contribution is 2.43. The second kappa shape index (κ2) is 6.24. The normalized spacial score (nSPS) is 20.8. The molecule has 1 aliphatic carbocycles. The Balaban J connectivity index is 1.38. The van der Waals surface area contributed by atoms with Crippen LogP contribution in [0.5, 0.6) is 5.75 Å². The van der Waals surface area contributed by atoms with Gasteiger partial charge in [-0.3, -0.25) is 9.59 Å². The number of ether oxygens (including phenoxy) is 1. The van der Waals surface area contributed by atoms with Crippen LogP contribution < -0.4 is 15.0 Å². The van der Waals surface area contributed by atoms with Crippen LogP contribution in [0.2, 0.25) is 0 Å². The number of nitrogens with zero attached hydrogens (tertiary/aromatic N) is 1. The summed E-state index contributed by atoms with van der Waals surface area (Å²) in [7, 11) is 1.60. The van der Waals surface area contributed by atoms with Crippen molar-refractivity contribution in [2.45, 2.75) is 12.8 Å². The quantitative estimate of drug-likeness (QED) is 0.934. The van der Waals surface area contributed by atoms with E-state index in [0.29, 0.717) is 13.0 Å². The molecule has 1 fully saturated rings. The molecule has 25 heavy (non-hydrogen) atoms. The second-order valence-electron chi connectivity index (χ2n) is 6.54. The predicted molar refractivity (Wildman–Crippen MR) is 95.7 cm³/mol. The van der Waals surface area contributed by atoms with Crippen molar-refractivity contribution in [2.75, 3.05) is 23.9 Å². The summed E-state index contributed by atoms with van der Waals surface area (Å²) in [6, 6.07) is 15.2. The highest BCUT2D eigenvalue weighted by atomic mass is 16.5. The number of hydrogen-bond donors (Lipinski definition) is 1. The van der Waals surface area contributed by atoms with E-state index in [1.165, 1.54) is 5.56 Å². The van der Waals surface area contributed by atoms with Gasteiger partial charge in [-0.25, -0.2) is 0 Å². The predicted octanol–water partition coefficient (Wildman–Crippen LogP) is 2.86. The van der Waals surface area contributed by atoms with E-state index in [-0.39, 0.29) is 23.7 Å².